The minimum absolute atomic E-state index is 0.00693. The highest BCUT2D eigenvalue weighted by molar-refractivity contribution is 7.92. The standard InChI is InChI=1S/C19H18ClN3O4S/c1-3-27-19(24)17-12-21-23(15-8-6-14(20)7-9-15)18(17)22-28(25,26)16-10-4-13(2)5-11-16/h4-12,22H,3H2,1-2H3. The van der Waals surface area contributed by atoms with Crippen molar-refractivity contribution in [1.29, 1.82) is 0 Å². The van der Waals surface area contributed by atoms with Crippen molar-refractivity contribution in [2.24, 2.45) is 0 Å². The van der Waals surface area contributed by atoms with Crippen molar-refractivity contribution >= 4 is 33.4 Å². The number of hydrogen-bond acceptors (Lipinski definition) is 5. The zero-order chi connectivity index (χ0) is 20.3. The summed E-state index contributed by atoms with van der Waals surface area (Å²) in [6.07, 6.45) is 1.26. The van der Waals surface area contributed by atoms with E-state index in [1.54, 1.807) is 43.3 Å². The Kier molecular flexibility index (Phi) is 5.71. The maximum atomic E-state index is 12.9. The van der Waals surface area contributed by atoms with Crippen LogP contribution in [0.1, 0.15) is 22.8 Å². The van der Waals surface area contributed by atoms with Crippen molar-refractivity contribution < 1.29 is 17.9 Å². The minimum atomic E-state index is -3.95. The molecule has 0 amide bonds. The van der Waals surface area contributed by atoms with Gasteiger partial charge in [0.1, 0.15) is 5.56 Å². The summed E-state index contributed by atoms with van der Waals surface area (Å²) >= 11 is 5.92. The zero-order valence-electron chi connectivity index (χ0n) is 15.2. The van der Waals surface area contributed by atoms with Crippen LogP contribution in [-0.2, 0) is 14.8 Å². The van der Waals surface area contributed by atoms with Gasteiger partial charge in [-0.15, -0.1) is 0 Å². The molecular formula is C19H18ClN3O4S. The van der Waals surface area contributed by atoms with E-state index in [4.69, 9.17) is 16.3 Å². The van der Waals surface area contributed by atoms with Gasteiger partial charge in [-0.2, -0.15) is 5.10 Å². The molecule has 7 nitrogen and oxygen atoms in total. The number of sulfonamides is 1. The lowest BCUT2D eigenvalue weighted by Gasteiger charge is -2.13. The largest absolute Gasteiger partial charge is 0.462 e. The highest BCUT2D eigenvalue weighted by Crippen LogP contribution is 2.25. The molecule has 146 valence electrons. The summed E-state index contributed by atoms with van der Waals surface area (Å²) in [4.78, 5) is 12.4. The van der Waals surface area contributed by atoms with Gasteiger partial charge in [0.15, 0.2) is 5.82 Å². The van der Waals surface area contributed by atoms with E-state index in [1.165, 1.54) is 23.0 Å². The Morgan fingerprint density at radius 2 is 1.79 bits per heavy atom. The molecule has 0 saturated heterocycles. The van der Waals surface area contributed by atoms with Gasteiger partial charge < -0.3 is 4.74 Å². The number of halogens is 1. The molecule has 28 heavy (non-hydrogen) atoms. The van der Waals surface area contributed by atoms with Crippen molar-refractivity contribution in [2.75, 3.05) is 11.3 Å². The predicted molar refractivity (Wildman–Crippen MR) is 107 cm³/mol. The number of nitrogens with one attached hydrogen (secondary N) is 1. The molecule has 2 aromatic carbocycles. The lowest BCUT2D eigenvalue weighted by atomic mass is 10.2. The van der Waals surface area contributed by atoms with Gasteiger partial charge in [0.25, 0.3) is 10.0 Å². The molecule has 0 spiro atoms. The zero-order valence-corrected chi connectivity index (χ0v) is 16.8. The van der Waals surface area contributed by atoms with Crippen LogP contribution in [0, 0.1) is 6.92 Å². The summed E-state index contributed by atoms with van der Waals surface area (Å²) < 4.78 is 34.5. The quantitative estimate of drug-likeness (QED) is 0.613. The molecule has 0 aliphatic heterocycles. The van der Waals surface area contributed by atoms with Crippen molar-refractivity contribution in [1.82, 2.24) is 9.78 Å². The number of rotatable bonds is 6. The summed E-state index contributed by atoms with van der Waals surface area (Å²) in [5, 5.41) is 4.67. The first kappa shape index (κ1) is 19.9. The Labute approximate surface area is 168 Å². The number of aromatic nitrogens is 2. The first-order valence-corrected chi connectivity index (χ1v) is 10.3. The Morgan fingerprint density at radius 1 is 1.14 bits per heavy atom. The van der Waals surface area contributed by atoms with Crippen LogP contribution in [0.15, 0.2) is 59.6 Å². The van der Waals surface area contributed by atoms with E-state index in [2.05, 4.69) is 9.82 Å². The lowest BCUT2D eigenvalue weighted by Crippen LogP contribution is -2.18. The second kappa shape index (κ2) is 8.04. The number of carbonyl (C=O) groups is 1. The van der Waals surface area contributed by atoms with Gasteiger partial charge in [-0.25, -0.2) is 17.9 Å². The monoisotopic (exact) mass is 419 g/mol. The van der Waals surface area contributed by atoms with Crippen LogP contribution >= 0.6 is 11.6 Å². The number of esters is 1. The fourth-order valence-corrected chi connectivity index (χ4v) is 3.68. The molecule has 1 N–H and O–H groups in total. The maximum absolute atomic E-state index is 12.9. The van der Waals surface area contributed by atoms with Gasteiger partial charge in [0, 0.05) is 5.02 Å². The Hall–Kier alpha value is -2.84. The average molecular weight is 420 g/mol. The summed E-state index contributed by atoms with van der Waals surface area (Å²) in [6, 6.07) is 13.0. The number of hydrogen-bond donors (Lipinski definition) is 1. The predicted octanol–water partition coefficient (Wildman–Crippen LogP) is 3.81. The highest BCUT2D eigenvalue weighted by atomic mass is 35.5. The molecule has 0 atom stereocenters. The van der Waals surface area contributed by atoms with E-state index in [0.717, 1.165) is 5.56 Å². The number of nitrogens with zero attached hydrogens (tertiary/aromatic N) is 2. The third kappa shape index (κ3) is 4.18. The van der Waals surface area contributed by atoms with E-state index < -0.39 is 16.0 Å². The molecule has 0 fully saturated rings. The molecular weight excluding hydrogens is 402 g/mol. The fourth-order valence-electron chi connectivity index (χ4n) is 2.49. The second-order valence-electron chi connectivity index (χ2n) is 5.93. The third-order valence-corrected chi connectivity index (χ3v) is 5.50. The van der Waals surface area contributed by atoms with E-state index in [0.29, 0.717) is 10.7 Å². The lowest BCUT2D eigenvalue weighted by molar-refractivity contribution is 0.0527. The van der Waals surface area contributed by atoms with E-state index in [9.17, 15) is 13.2 Å². The van der Waals surface area contributed by atoms with Crippen molar-refractivity contribution in [2.45, 2.75) is 18.7 Å². The van der Waals surface area contributed by atoms with Crippen molar-refractivity contribution in [3.05, 3.63) is 70.9 Å². The number of aryl methyl sites for hydroxylation is 1. The smallest absolute Gasteiger partial charge is 0.343 e. The van der Waals surface area contributed by atoms with Crippen LogP contribution < -0.4 is 4.72 Å². The van der Waals surface area contributed by atoms with Gasteiger partial charge in [0.2, 0.25) is 0 Å². The first-order chi connectivity index (χ1) is 13.3. The van der Waals surface area contributed by atoms with Crippen LogP contribution in [0.25, 0.3) is 5.69 Å². The summed E-state index contributed by atoms with van der Waals surface area (Å²) in [6.45, 7) is 3.67. The van der Waals surface area contributed by atoms with Crippen molar-refractivity contribution in [3.8, 4) is 5.69 Å². The molecule has 0 unspecified atom stereocenters. The highest BCUT2D eigenvalue weighted by Gasteiger charge is 2.25. The molecule has 9 heteroatoms. The van der Waals surface area contributed by atoms with E-state index in [1.807, 2.05) is 6.92 Å². The fraction of sp³-hybridized carbons (Fsp3) is 0.158. The number of ether oxygens (including phenoxy) is 1. The van der Waals surface area contributed by atoms with Crippen LogP contribution in [-0.4, -0.2) is 30.8 Å². The number of carbonyl (C=O) groups excluding carboxylic acids is 1. The van der Waals surface area contributed by atoms with Gasteiger partial charge in [0.05, 0.1) is 23.4 Å². The van der Waals surface area contributed by atoms with Gasteiger partial charge >= 0.3 is 5.97 Å². The van der Waals surface area contributed by atoms with Gasteiger partial charge in [-0.1, -0.05) is 29.3 Å². The van der Waals surface area contributed by atoms with Crippen LogP contribution in [0.3, 0.4) is 0 Å². The number of benzene rings is 2. The molecule has 0 radical (unpaired) electrons. The Balaban J connectivity index is 2.08. The number of anilines is 1. The van der Waals surface area contributed by atoms with E-state index in [-0.39, 0.29) is 22.9 Å². The second-order valence-corrected chi connectivity index (χ2v) is 8.05. The van der Waals surface area contributed by atoms with Gasteiger partial charge in [-0.05, 0) is 50.2 Å². The van der Waals surface area contributed by atoms with Crippen LogP contribution in [0.4, 0.5) is 5.82 Å². The maximum Gasteiger partial charge on any atom is 0.343 e. The van der Waals surface area contributed by atoms with Crippen LogP contribution in [0.5, 0.6) is 0 Å². The summed E-state index contributed by atoms with van der Waals surface area (Å²) in [7, 11) is -3.95. The average Bonchev–Trinajstić information content (AvgIpc) is 3.06. The molecule has 1 aromatic heterocycles. The first-order valence-electron chi connectivity index (χ1n) is 8.42. The molecule has 1 heterocycles. The SMILES string of the molecule is CCOC(=O)c1cnn(-c2ccc(Cl)cc2)c1NS(=O)(=O)c1ccc(C)cc1. The Morgan fingerprint density at radius 3 is 2.39 bits per heavy atom. The van der Waals surface area contributed by atoms with Crippen LogP contribution in [0.2, 0.25) is 5.02 Å². The molecule has 3 aromatic rings. The van der Waals surface area contributed by atoms with Gasteiger partial charge in [-0.3, -0.25) is 4.72 Å². The third-order valence-electron chi connectivity index (χ3n) is 3.90. The molecule has 3 rings (SSSR count). The molecule has 0 aliphatic carbocycles. The topological polar surface area (TPSA) is 90.3 Å². The molecule has 0 saturated carbocycles. The summed E-state index contributed by atoms with van der Waals surface area (Å²) in [5.74, 6) is -0.689. The van der Waals surface area contributed by atoms with Crippen molar-refractivity contribution in [3.63, 3.8) is 0 Å². The Bertz CT molecular complexity index is 1090. The minimum Gasteiger partial charge on any atom is -0.462 e. The summed E-state index contributed by atoms with van der Waals surface area (Å²) in [5.41, 5.74) is 1.46. The van der Waals surface area contributed by atoms with E-state index >= 15 is 0 Å². The molecule has 0 aliphatic rings. The molecule has 0 bridgehead atoms. The normalized spacial score (nSPS) is 11.2.